The third-order valence-electron chi connectivity index (χ3n) is 11.0. The predicted molar refractivity (Wildman–Crippen MR) is 319 cm³/mol. The van der Waals surface area contributed by atoms with E-state index in [-0.39, 0.29) is 73.0 Å². The van der Waals surface area contributed by atoms with Gasteiger partial charge in [0.05, 0.1) is 40.3 Å². The van der Waals surface area contributed by atoms with Crippen LogP contribution in [0.4, 0.5) is 72.8 Å². The number of alkyl halides is 9. The standard InChI is InChI=1S/C8H7N3O.C7H3Cl5.C7H3F5.2C7H7NO2.C5H7NO2.C5H9NO.C4H4F6.C3H5F3.3CH4/c1-11-8(12)6-4-2-3-5-7(6)9-10-11;2*1-2-3(8)5(10)7(12)6(11)4(2)9;1-6-2-4-7(5-3-6)8(9)10;1-6-3-2-4-7(5-6)8(9)10;1-6-4(7)2-3-5(6)8;1-6-4-2-3-5(6)7;1-2(3(5,6)7)4(8,9)10;1-2-3(4,5)6;;;/h2-5H,1H3;2*1H3;2*2-5H,1H3;2-3H2,1H3;2-4H2,1H3;2H,1H3;2H2,1H3;3*1H4. The fourth-order valence-electron chi connectivity index (χ4n) is 5.57. The summed E-state index contributed by atoms with van der Waals surface area (Å²) in [7, 11) is 4.94. The Morgan fingerprint density at radius 2 is 0.967 bits per heavy atom. The number of aryl methyl sites for hydroxylation is 3. The normalized spacial score (nSPS) is 12.1. The van der Waals surface area contributed by atoms with Gasteiger partial charge in [-0.3, -0.25) is 44.3 Å². The van der Waals surface area contributed by atoms with Gasteiger partial charge in [0.1, 0.15) is 11.4 Å². The molecular formula is C56H64Cl5F14N7O8. The first kappa shape index (κ1) is 89.5. The van der Waals surface area contributed by atoms with Crippen LogP contribution in [0.25, 0.3) is 10.9 Å². The molecule has 6 aromatic rings. The smallest absolute Gasteiger partial charge is 0.346 e. The molecule has 0 radical (unpaired) electrons. The number of imide groups is 1. The van der Waals surface area contributed by atoms with Crippen molar-refractivity contribution in [1.29, 1.82) is 0 Å². The summed E-state index contributed by atoms with van der Waals surface area (Å²) >= 11 is 28.8. The Balaban J connectivity index is -0.000000464. The zero-order valence-corrected chi connectivity index (χ0v) is 50.6. The van der Waals surface area contributed by atoms with E-state index in [1.165, 1.54) is 34.8 Å². The third kappa shape index (κ3) is 30.2. The number of likely N-dealkylation sites (tertiary alicyclic amines) is 2. The topological polar surface area (TPSA) is 192 Å². The molecule has 504 valence electrons. The molecule has 5 aromatic carbocycles. The Morgan fingerprint density at radius 3 is 1.28 bits per heavy atom. The number of hydrogen-bond acceptors (Lipinski definition) is 10. The second-order valence-corrected chi connectivity index (χ2v) is 19.5. The molecule has 34 heteroatoms. The lowest BCUT2D eigenvalue weighted by Gasteiger charge is -2.17. The fourth-order valence-corrected chi connectivity index (χ4v) is 6.80. The second kappa shape index (κ2) is 40.7. The van der Waals surface area contributed by atoms with Gasteiger partial charge in [-0.25, -0.2) is 26.6 Å². The van der Waals surface area contributed by atoms with Gasteiger partial charge in [-0.15, -0.1) is 5.10 Å². The van der Waals surface area contributed by atoms with Gasteiger partial charge in [0, 0.05) is 83.2 Å². The quantitative estimate of drug-likeness (QED) is 0.0402. The summed E-state index contributed by atoms with van der Waals surface area (Å²) in [4.78, 5) is 65.3. The minimum absolute atomic E-state index is 0. The van der Waals surface area contributed by atoms with Crippen LogP contribution in [0.5, 0.6) is 0 Å². The van der Waals surface area contributed by atoms with E-state index < -0.39 is 75.4 Å². The van der Waals surface area contributed by atoms with E-state index >= 15 is 0 Å². The number of fused-ring (bicyclic) bond motifs is 1. The number of non-ortho nitro benzene ring substituents is 2. The molecule has 0 spiro atoms. The largest absolute Gasteiger partial charge is 0.400 e. The number of rotatable bonds is 2. The number of nitrogens with zero attached hydrogens (tertiary/aromatic N) is 7. The number of nitro groups is 2. The summed E-state index contributed by atoms with van der Waals surface area (Å²) < 4.78 is 163. The molecule has 0 unspecified atom stereocenters. The van der Waals surface area contributed by atoms with Crippen molar-refractivity contribution in [2.75, 3.05) is 20.6 Å². The van der Waals surface area contributed by atoms with E-state index in [2.05, 4.69) is 10.3 Å². The van der Waals surface area contributed by atoms with Crippen LogP contribution in [0, 0.1) is 82.9 Å². The molecule has 8 rings (SSSR count). The number of halogens is 19. The molecule has 0 N–H and O–H groups in total. The lowest BCUT2D eigenvalue weighted by molar-refractivity contribution is -0.385. The third-order valence-corrected chi connectivity index (χ3v) is 13.5. The van der Waals surface area contributed by atoms with Crippen LogP contribution < -0.4 is 5.56 Å². The van der Waals surface area contributed by atoms with E-state index in [1.54, 1.807) is 55.3 Å². The van der Waals surface area contributed by atoms with Crippen LogP contribution >= 0.6 is 58.0 Å². The molecule has 15 nitrogen and oxygen atoms in total. The van der Waals surface area contributed by atoms with Crippen LogP contribution in [0.15, 0.2) is 77.6 Å². The molecule has 1 aromatic heterocycles. The Bertz CT molecular complexity index is 3070. The Labute approximate surface area is 534 Å². The first-order valence-corrected chi connectivity index (χ1v) is 26.1. The highest BCUT2D eigenvalue weighted by Crippen LogP contribution is 2.43. The highest BCUT2D eigenvalue weighted by atomic mass is 35.5. The van der Waals surface area contributed by atoms with Crippen molar-refractivity contribution in [3.8, 4) is 0 Å². The van der Waals surface area contributed by atoms with Crippen molar-refractivity contribution >= 4 is 98.0 Å². The van der Waals surface area contributed by atoms with Gasteiger partial charge in [0.15, 0.2) is 23.3 Å². The molecule has 90 heavy (non-hydrogen) atoms. The van der Waals surface area contributed by atoms with Crippen molar-refractivity contribution in [2.24, 2.45) is 13.0 Å². The second-order valence-electron chi connectivity index (χ2n) is 17.7. The van der Waals surface area contributed by atoms with Gasteiger partial charge in [-0.2, -0.15) is 39.5 Å². The summed E-state index contributed by atoms with van der Waals surface area (Å²) in [6, 6.07) is 20.1. The molecule has 2 aliphatic heterocycles. The highest BCUT2D eigenvalue weighted by molar-refractivity contribution is 6.55. The van der Waals surface area contributed by atoms with Gasteiger partial charge in [-0.05, 0) is 64.3 Å². The van der Waals surface area contributed by atoms with E-state index in [4.69, 9.17) is 58.0 Å². The van der Waals surface area contributed by atoms with Crippen LogP contribution in [-0.4, -0.2) is 91.5 Å². The van der Waals surface area contributed by atoms with Crippen molar-refractivity contribution in [3.63, 3.8) is 0 Å². The number of carbonyl (C=O) groups excluding carboxylic acids is 3. The zero-order chi connectivity index (χ0) is 67.8. The van der Waals surface area contributed by atoms with Crippen LogP contribution in [0.1, 0.15) is 90.5 Å². The molecule has 2 saturated heterocycles. The number of amides is 3. The Kier molecular flexibility index (Phi) is 40.5. The average Bonchev–Trinajstić information content (AvgIpc) is 1.12. The van der Waals surface area contributed by atoms with Crippen molar-refractivity contribution in [3.05, 3.63) is 180 Å². The number of hydrogen-bond donors (Lipinski definition) is 0. The van der Waals surface area contributed by atoms with Crippen LogP contribution in [0.3, 0.4) is 0 Å². The molecular weight excluding hydrogens is 1340 g/mol. The summed E-state index contributed by atoms with van der Waals surface area (Å²) in [5, 5.41) is 29.8. The van der Waals surface area contributed by atoms with Gasteiger partial charge in [-0.1, -0.05) is 134 Å². The van der Waals surface area contributed by atoms with Gasteiger partial charge in [0.2, 0.25) is 23.5 Å². The zero-order valence-electron chi connectivity index (χ0n) is 46.8. The lowest BCUT2D eigenvalue weighted by Crippen LogP contribution is -2.33. The van der Waals surface area contributed by atoms with E-state index in [0.29, 0.717) is 45.3 Å². The van der Waals surface area contributed by atoms with Crippen LogP contribution in [-0.2, 0) is 21.4 Å². The minimum atomic E-state index is -5.18. The summed E-state index contributed by atoms with van der Waals surface area (Å²) in [5.74, 6) is -12.6. The fraction of sp³-hybridized carbons (Fsp3) is 0.393. The molecule has 3 heterocycles. The first-order chi connectivity index (χ1) is 39.8. The molecule has 0 aliphatic carbocycles. The summed E-state index contributed by atoms with van der Waals surface area (Å²) in [6.07, 6.45) is -12.4. The molecule has 0 bridgehead atoms. The van der Waals surface area contributed by atoms with Gasteiger partial charge in [0.25, 0.3) is 16.9 Å². The molecule has 2 aliphatic rings. The minimum Gasteiger partial charge on any atom is -0.346 e. The Morgan fingerprint density at radius 1 is 0.556 bits per heavy atom. The SMILES string of the molecule is C.C.C.CC(C(F)(F)F)C(F)(F)F.CCC(F)(F)F.CN1C(=O)CCC1=O.CN1CCCC1=O.Cc1c(Cl)c(Cl)c(Cl)c(Cl)c1Cl.Cc1c(F)c(F)c(F)c(F)c1F.Cc1ccc([N+](=O)[O-])cc1.Cc1cccc([N+](=O)[O-])c1.Cn1nnc2ccccc2c1=O. The number of benzene rings is 5. The van der Waals surface area contributed by atoms with Gasteiger partial charge < -0.3 is 4.90 Å². The van der Waals surface area contributed by atoms with E-state index in [9.17, 15) is 101 Å². The maximum absolute atomic E-state index is 12.4. The number of nitro benzene ring substituents is 2. The molecule has 0 saturated carbocycles. The maximum Gasteiger partial charge on any atom is 0.400 e. The predicted octanol–water partition coefficient (Wildman–Crippen LogP) is 18.7. The molecule has 3 amide bonds. The first-order valence-electron chi connectivity index (χ1n) is 24.3. The maximum atomic E-state index is 12.4. The molecule has 2 fully saturated rings. The Hall–Kier alpha value is -6.95. The van der Waals surface area contributed by atoms with Crippen molar-refractivity contribution < 1.29 is 85.7 Å². The van der Waals surface area contributed by atoms with Crippen molar-refractivity contribution in [1.82, 2.24) is 24.8 Å². The number of aromatic nitrogens is 3. The highest BCUT2D eigenvalue weighted by Gasteiger charge is 2.53. The van der Waals surface area contributed by atoms with E-state index in [0.717, 1.165) is 44.4 Å². The monoisotopic (exact) mass is 1400 g/mol. The average molecular weight is 1410 g/mol. The molecule has 0 atom stereocenters. The summed E-state index contributed by atoms with van der Waals surface area (Å²) in [5.41, 5.74) is 2.54. The van der Waals surface area contributed by atoms with E-state index in [1.807, 2.05) is 39.1 Å². The number of carbonyl (C=O) groups is 3. The van der Waals surface area contributed by atoms with Crippen molar-refractivity contribution in [2.45, 2.75) is 114 Å². The van der Waals surface area contributed by atoms with Crippen LogP contribution in [0.2, 0.25) is 25.1 Å². The van der Waals surface area contributed by atoms with Gasteiger partial charge >= 0.3 is 18.5 Å². The summed E-state index contributed by atoms with van der Waals surface area (Å²) in [6.45, 7) is 8.38. The lowest BCUT2D eigenvalue weighted by atomic mass is 10.2.